The fourth-order valence-electron chi connectivity index (χ4n) is 4.13. The number of amides is 1. The molecule has 164 valence electrons. The van der Waals surface area contributed by atoms with Gasteiger partial charge in [-0.15, -0.1) is 0 Å². The van der Waals surface area contributed by atoms with Crippen molar-refractivity contribution in [2.45, 2.75) is 6.42 Å². The molecule has 1 saturated heterocycles. The van der Waals surface area contributed by atoms with Gasteiger partial charge >= 0.3 is 0 Å². The number of nitriles is 1. The Balaban J connectivity index is 1.40. The average Bonchev–Trinajstić information content (AvgIpc) is 3.49. The maximum Gasteiger partial charge on any atom is 0.272 e. The smallest absolute Gasteiger partial charge is 0.272 e. The highest BCUT2D eigenvalue weighted by Gasteiger charge is 2.25. The molecule has 0 atom stereocenters. The van der Waals surface area contributed by atoms with Crippen molar-refractivity contribution >= 4 is 11.6 Å². The van der Waals surface area contributed by atoms with Crippen LogP contribution in [0.3, 0.4) is 0 Å². The Labute approximate surface area is 192 Å². The second-order valence-corrected chi connectivity index (χ2v) is 7.93. The first kappa shape index (κ1) is 20.6. The summed E-state index contributed by atoms with van der Waals surface area (Å²) in [5.41, 5.74) is 3.68. The van der Waals surface area contributed by atoms with Gasteiger partial charge in [0.15, 0.2) is 5.76 Å². The second-order valence-electron chi connectivity index (χ2n) is 7.93. The molecule has 2 aromatic heterocycles. The molecule has 0 radical (unpaired) electrons. The molecule has 0 bridgehead atoms. The van der Waals surface area contributed by atoms with E-state index in [9.17, 15) is 4.79 Å². The Morgan fingerprint density at radius 2 is 1.73 bits per heavy atom. The van der Waals surface area contributed by atoms with E-state index < -0.39 is 0 Å². The quantitative estimate of drug-likeness (QED) is 0.474. The van der Waals surface area contributed by atoms with E-state index in [1.54, 1.807) is 17.0 Å². The summed E-state index contributed by atoms with van der Waals surface area (Å²) in [6.07, 6.45) is 2.46. The highest BCUT2D eigenvalue weighted by Crippen LogP contribution is 2.24. The number of aromatic nitrogens is 2. The van der Waals surface area contributed by atoms with Crippen LogP contribution in [0.5, 0.6) is 0 Å². The number of hydrogen-bond donors (Lipinski definition) is 0. The number of anilines is 1. The van der Waals surface area contributed by atoms with E-state index in [0.717, 1.165) is 30.9 Å². The predicted octanol–water partition coefficient (Wildman–Crippen LogP) is 4.36. The lowest BCUT2D eigenvalue weighted by Gasteiger charge is -2.24. The monoisotopic (exact) mass is 437 g/mol. The molecule has 4 aromatic rings. The lowest BCUT2D eigenvalue weighted by atomic mass is 10.2. The number of carbonyl (C=O) groups excluding carboxylic acids is 1. The van der Waals surface area contributed by atoms with E-state index in [2.05, 4.69) is 16.1 Å². The molecule has 5 rings (SSSR count). The van der Waals surface area contributed by atoms with E-state index in [0.29, 0.717) is 35.8 Å². The SMILES string of the molecule is N#Cc1ccc(N2CCCN(C(=O)c3cc(-c4ccco4)nn3-c3ccccc3)CC2)cc1. The van der Waals surface area contributed by atoms with Crippen LogP contribution in [0, 0.1) is 11.3 Å². The molecule has 3 heterocycles. The van der Waals surface area contributed by atoms with Crippen LogP contribution >= 0.6 is 0 Å². The topological polar surface area (TPSA) is 78.3 Å². The van der Waals surface area contributed by atoms with Crippen LogP contribution in [-0.4, -0.2) is 46.8 Å². The third kappa shape index (κ3) is 4.23. The molecule has 1 fully saturated rings. The first-order chi connectivity index (χ1) is 16.2. The molecule has 1 aliphatic heterocycles. The lowest BCUT2D eigenvalue weighted by Crippen LogP contribution is -2.36. The summed E-state index contributed by atoms with van der Waals surface area (Å²) in [5, 5.41) is 13.7. The lowest BCUT2D eigenvalue weighted by molar-refractivity contribution is 0.0758. The van der Waals surface area contributed by atoms with Crippen LogP contribution < -0.4 is 4.90 Å². The Hall–Kier alpha value is -4.31. The molecule has 0 saturated carbocycles. The van der Waals surface area contributed by atoms with Gasteiger partial charge < -0.3 is 14.2 Å². The van der Waals surface area contributed by atoms with Gasteiger partial charge in [-0.1, -0.05) is 18.2 Å². The van der Waals surface area contributed by atoms with E-state index >= 15 is 0 Å². The summed E-state index contributed by atoms with van der Waals surface area (Å²) in [6, 6.07) is 24.9. The molecular weight excluding hydrogens is 414 g/mol. The van der Waals surface area contributed by atoms with Crippen molar-refractivity contribution < 1.29 is 9.21 Å². The van der Waals surface area contributed by atoms with Gasteiger partial charge in [0.2, 0.25) is 0 Å². The van der Waals surface area contributed by atoms with Crippen LogP contribution in [0.2, 0.25) is 0 Å². The maximum absolute atomic E-state index is 13.6. The van der Waals surface area contributed by atoms with Gasteiger partial charge in [0, 0.05) is 37.9 Å². The number of nitrogens with zero attached hydrogens (tertiary/aromatic N) is 5. The largest absolute Gasteiger partial charge is 0.463 e. The first-order valence-corrected chi connectivity index (χ1v) is 11.0. The Kier molecular flexibility index (Phi) is 5.64. The van der Waals surface area contributed by atoms with Crippen molar-refractivity contribution in [3.05, 3.63) is 90.3 Å². The van der Waals surface area contributed by atoms with Gasteiger partial charge in [-0.3, -0.25) is 4.79 Å². The van der Waals surface area contributed by atoms with Gasteiger partial charge in [0.1, 0.15) is 11.4 Å². The standard InChI is InChI=1S/C26H23N5O2/c27-19-20-9-11-21(12-10-20)29-13-5-14-30(16-15-29)26(32)24-18-23(25-8-4-17-33-25)28-31(24)22-6-2-1-3-7-22/h1-4,6-12,17-18H,5,13-16H2. The third-order valence-corrected chi connectivity index (χ3v) is 5.85. The van der Waals surface area contributed by atoms with Crippen LogP contribution in [0.25, 0.3) is 17.1 Å². The van der Waals surface area contributed by atoms with Gasteiger partial charge in [-0.2, -0.15) is 10.4 Å². The van der Waals surface area contributed by atoms with E-state index in [-0.39, 0.29) is 5.91 Å². The Bertz CT molecular complexity index is 1270. The van der Waals surface area contributed by atoms with Gasteiger partial charge in [-0.05, 0) is 55.0 Å². The summed E-state index contributed by atoms with van der Waals surface area (Å²) >= 11 is 0. The normalized spacial score (nSPS) is 14.0. The Morgan fingerprint density at radius 3 is 2.45 bits per heavy atom. The van der Waals surface area contributed by atoms with Crippen molar-refractivity contribution in [3.8, 4) is 23.2 Å². The molecular formula is C26H23N5O2. The minimum atomic E-state index is -0.0502. The number of furan rings is 1. The second kappa shape index (κ2) is 9.05. The minimum Gasteiger partial charge on any atom is -0.463 e. The summed E-state index contributed by atoms with van der Waals surface area (Å²) in [7, 11) is 0. The first-order valence-electron chi connectivity index (χ1n) is 11.0. The zero-order valence-corrected chi connectivity index (χ0v) is 18.1. The predicted molar refractivity (Wildman–Crippen MR) is 125 cm³/mol. The van der Waals surface area contributed by atoms with Crippen molar-refractivity contribution in [1.82, 2.24) is 14.7 Å². The molecule has 0 aliphatic carbocycles. The Morgan fingerprint density at radius 1 is 0.909 bits per heavy atom. The summed E-state index contributed by atoms with van der Waals surface area (Å²) < 4.78 is 7.22. The molecule has 1 aliphatic rings. The van der Waals surface area contributed by atoms with Crippen molar-refractivity contribution in [2.75, 3.05) is 31.1 Å². The fourth-order valence-corrected chi connectivity index (χ4v) is 4.13. The van der Waals surface area contributed by atoms with Crippen molar-refractivity contribution in [1.29, 1.82) is 5.26 Å². The number of para-hydroxylation sites is 1. The minimum absolute atomic E-state index is 0.0502. The summed E-state index contributed by atoms with van der Waals surface area (Å²) in [4.78, 5) is 17.8. The van der Waals surface area contributed by atoms with E-state index in [1.807, 2.05) is 71.6 Å². The molecule has 0 unspecified atom stereocenters. The summed E-state index contributed by atoms with van der Waals surface area (Å²) in [5.74, 6) is 0.576. The molecule has 0 spiro atoms. The highest BCUT2D eigenvalue weighted by molar-refractivity contribution is 5.94. The van der Waals surface area contributed by atoms with Crippen molar-refractivity contribution in [2.24, 2.45) is 0 Å². The number of rotatable bonds is 4. The molecule has 0 N–H and O–H groups in total. The fraction of sp³-hybridized carbons (Fsp3) is 0.192. The molecule has 1 amide bonds. The molecule has 33 heavy (non-hydrogen) atoms. The van der Waals surface area contributed by atoms with Crippen LogP contribution in [-0.2, 0) is 0 Å². The third-order valence-electron chi connectivity index (χ3n) is 5.85. The average molecular weight is 438 g/mol. The zero-order valence-electron chi connectivity index (χ0n) is 18.1. The van der Waals surface area contributed by atoms with Crippen LogP contribution in [0.1, 0.15) is 22.5 Å². The zero-order chi connectivity index (χ0) is 22.6. The molecule has 7 heteroatoms. The van der Waals surface area contributed by atoms with Gasteiger partial charge in [0.25, 0.3) is 5.91 Å². The van der Waals surface area contributed by atoms with E-state index in [4.69, 9.17) is 9.68 Å². The maximum atomic E-state index is 13.6. The summed E-state index contributed by atoms with van der Waals surface area (Å²) in [6.45, 7) is 2.85. The van der Waals surface area contributed by atoms with Crippen LogP contribution in [0.15, 0.2) is 83.5 Å². The van der Waals surface area contributed by atoms with Crippen molar-refractivity contribution in [3.63, 3.8) is 0 Å². The van der Waals surface area contributed by atoms with E-state index in [1.165, 1.54) is 0 Å². The number of carbonyl (C=O) groups is 1. The number of hydrogen-bond acceptors (Lipinski definition) is 5. The molecule has 7 nitrogen and oxygen atoms in total. The van der Waals surface area contributed by atoms with Gasteiger partial charge in [0.05, 0.1) is 23.6 Å². The molecule has 2 aromatic carbocycles. The van der Waals surface area contributed by atoms with Gasteiger partial charge in [-0.25, -0.2) is 4.68 Å². The number of benzene rings is 2. The van der Waals surface area contributed by atoms with Crippen LogP contribution in [0.4, 0.5) is 5.69 Å². The highest BCUT2D eigenvalue weighted by atomic mass is 16.3.